The molecular formula is C23H28Cl2N4O. The third-order valence-electron chi connectivity index (χ3n) is 5.77. The predicted molar refractivity (Wildman–Crippen MR) is 124 cm³/mol. The molecule has 3 aromatic rings. The number of amides is 1. The van der Waals surface area contributed by atoms with Gasteiger partial charge < -0.3 is 15.6 Å². The van der Waals surface area contributed by atoms with Crippen LogP contribution in [0.4, 0.5) is 0 Å². The summed E-state index contributed by atoms with van der Waals surface area (Å²) >= 11 is 0. The summed E-state index contributed by atoms with van der Waals surface area (Å²) < 4.78 is 0. The minimum Gasteiger partial charge on any atom is -0.348 e. The number of imidazole rings is 1. The van der Waals surface area contributed by atoms with Crippen molar-refractivity contribution in [3.05, 3.63) is 90.0 Å². The second-order valence-corrected chi connectivity index (χ2v) is 7.56. The van der Waals surface area contributed by atoms with E-state index in [2.05, 4.69) is 58.5 Å². The molecule has 0 aliphatic carbocycles. The molecule has 7 heteroatoms. The lowest BCUT2D eigenvalue weighted by Gasteiger charge is -2.44. The van der Waals surface area contributed by atoms with E-state index in [1.165, 1.54) is 11.1 Å². The van der Waals surface area contributed by atoms with Crippen LogP contribution in [0, 0.1) is 0 Å². The van der Waals surface area contributed by atoms with E-state index < -0.39 is 6.04 Å². The number of hydrogen-bond acceptors (Lipinski definition) is 3. The number of halogens is 2. The van der Waals surface area contributed by atoms with Crippen LogP contribution in [0.15, 0.2) is 73.2 Å². The molecule has 1 aromatic heterocycles. The van der Waals surface area contributed by atoms with Gasteiger partial charge in [-0.05, 0) is 24.0 Å². The van der Waals surface area contributed by atoms with Gasteiger partial charge in [-0.15, -0.1) is 24.8 Å². The molecular weight excluding hydrogens is 419 g/mol. The molecule has 1 atom stereocenters. The van der Waals surface area contributed by atoms with Crippen molar-refractivity contribution in [3.63, 3.8) is 0 Å². The smallest absolute Gasteiger partial charge is 0.239 e. The topological polar surface area (TPSA) is 75.0 Å². The Bertz CT molecular complexity index is 864. The first-order chi connectivity index (χ1) is 13.7. The Morgan fingerprint density at radius 2 is 1.67 bits per heavy atom. The summed E-state index contributed by atoms with van der Waals surface area (Å²) in [6, 6.07) is 20.5. The third-order valence-corrected chi connectivity index (χ3v) is 5.77. The Hall–Kier alpha value is -2.34. The van der Waals surface area contributed by atoms with Crippen molar-refractivity contribution >= 4 is 30.7 Å². The van der Waals surface area contributed by atoms with Crippen LogP contribution in [0.3, 0.4) is 0 Å². The Morgan fingerprint density at radius 1 is 1.07 bits per heavy atom. The van der Waals surface area contributed by atoms with Gasteiger partial charge in [0.15, 0.2) is 0 Å². The highest BCUT2D eigenvalue weighted by Gasteiger charge is 2.40. The summed E-state index contributed by atoms with van der Waals surface area (Å²) in [6.07, 6.45) is 5.77. The van der Waals surface area contributed by atoms with Crippen molar-refractivity contribution in [3.8, 4) is 0 Å². The number of nitrogens with one attached hydrogen (secondary N) is 1. The monoisotopic (exact) mass is 446 g/mol. The highest BCUT2D eigenvalue weighted by atomic mass is 35.5. The molecule has 5 nitrogen and oxygen atoms in total. The van der Waals surface area contributed by atoms with E-state index in [0.717, 1.165) is 25.1 Å². The quantitative estimate of drug-likeness (QED) is 0.626. The van der Waals surface area contributed by atoms with E-state index in [-0.39, 0.29) is 36.1 Å². The van der Waals surface area contributed by atoms with Crippen molar-refractivity contribution in [2.75, 3.05) is 13.1 Å². The molecule has 0 unspecified atom stereocenters. The lowest BCUT2D eigenvalue weighted by molar-refractivity contribution is -0.134. The summed E-state index contributed by atoms with van der Waals surface area (Å²) in [7, 11) is 0. The maximum absolute atomic E-state index is 13.1. The summed E-state index contributed by atoms with van der Waals surface area (Å²) in [5, 5.41) is 0. The summed E-state index contributed by atoms with van der Waals surface area (Å²) in [5.41, 5.74) is 9.45. The average molecular weight is 447 g/mol. The van der Waals surface area contributed by atoms with Crippen LogP contribution >= 0.6 is 24.8 Å². The van der Waals surface area contributed by atoms with Gasteiger partial charge in [-0.1, -0.05) is 60.7 Å². The van der Waals surface area contributed by atoms with E-state index in [9.17, 15) is 4.79 Å². The number of rotatable bonds is 5. The number of carbonyl (C=O) groups is 1. The normalized spacial score (nSPS) is 16.1. The second kappa shape index (κ2) is 10.6. The van der Waals surface area contributed by atoms with Gasteiger partial charge in [0.05, 0.1) is 12.4 Å². The van der Waals surface area contributed by atoms with Gasteiger partial charge in [-0.25, -0.2) is 4.98 Å². The van der Waals surface area contributed by atoms with Crippen LogP contribution in [-0.4, -0.2) is 39.9 Å². The third kappa shape index (κ3) is 4.86. The second-order valence-electron chi connectivity index (χ2n) is 7.56. The van der Waals surface area contributed by atoms with E-state index >= 15 is 0 Å². The van der Waals surface area contributed by atoms with Crippen molar-refractivity contribution in [1.29, 1.82) is 0 Å². The lowest BCUT2D eigenvalue weighted by Crippen LogP contribution is -2.54. The molecule has 2 aromatic carbocycles. The number of H-pyrrole nitrogens is 1. The summed E-state index contributed by atoms with van der Waals surface area (Å²) in [6.45, 7) is 1.40. The van der Waals surface area contributed by atoms with E-state index in [0.29, 0.717) is 13.0 Å². The zero-order chi connectivity index (χ0) is 19.4. The first kappa shape index (κ1) is 23.9. The standard InChI is InChI=1S/C23H26N4O.2ClH/c24-21(14-20-15-25-17-26-20)22(28)27-13-7-12-23(16-27,18-8-3-1-4-9-18)19-10-5-2-6-11-19;;/h1-6,8-11,15,17,21H,7,12-14,16,24H2,(H,25,26);2*1H/t21-;;/m0../s1. The number of piperidine rings is 1. The lowest BCUT2D eigenvalue weighted by atomic mass is 9.69. The van der Waals surface area contributed by atoms with Gasteiger partial charge in [-0.2, -0.15) is 0 Å². The first-order valence-electron chi connectivity index (χ1n) is 9.82. The SMILES string of the molecule is Cl.Cl.N[C@@H](Cc1cnc[nH]1)C(=O)N1CCCC(c2ccccc2)(c2ccccc2)C1. The Kier molecular flexibility index (Phi) is 8.47. The zero-order valence-corrected chi connectivity index (χ0v) is 18.4. The van der Waals surface area contributed by atoms with Crippen molar-refractivity contribution < 1.29 is 4.79 Å². The molecule has 1 fully saturated rings. The molecule has 0 radical (unpaired) electrons. The van der Waals surface area contributed by atoms with Gasteiger partial charge in [0.25, 0.3) is 0 Å². The Morgan fingerprint density at radius 3 is 2.20 bits per heavy atom. The number of hydrogen-bond donors (Lipinski definition) is 2. The minimum absolute atomic E-state index is 0. The maximum Gasteiger partial charge on any atom is 0.239 e. The number of nitrogens with zero attached hydrogens (tertiary/aromatic N) is 2. The fourth-order valence-corrected chi connectivity index (χ4v) is 4.35. The molecule has 1 saturated heterocycles. The van der Waals surface area contributed by atoms with Crippen molar-refractivity contribution in [2.45, 2.75) is 30.7 Å². The number of aromatic amines is 1. The van der Waals surface area contributed by atoms with Gasteiger partial charge in [0, 0.05) is 36.8 Å². The van der Waals surface area contributed by atoms with Crippen molar-refractivity contribution in [1.82, 2.24) is 14.9 Å². The molecule has 1 aliphatic rings. The number of likely N-dealkylation sites (tertiary alicyclic amines) is 1. The Balaban J connectivity index is 0.00000160. The molecule has 30 heavy (non-hydrogen) atoms. The Labute approximate surface area is 189 Å². The first-order valence-corrected chi connectivity index (χ1v) is 9.82. The molecule has 1 amide bonds. The van der Waals surface area contributed by atoms with Gasteiger partial charge in [-0.3, -0.25) is 4.79 Å². The molecule has 3 N–H and O–H groups in total. The van der Waals surface area contributed by atoms with E-state index in [4.69, 9.17) is 5.73 Å². The molecule has 4 rings (SSSR count). The maximum atomic E-state index is 13.1. The van der Waals surface area contributed by atoms with Gasteiger partial charge >= 0.3 is 0 Å². The largest absolute Gasteiger partial charge is 0.348 e. The minimum atomic E-state index is -0.567. The van der Waals surface area contributed by atoms with Crippen LogP contribution < -0.4 is 5.73 Å². The molecule has 160 valence electrons. The summed E-state index contributed by atoms with van der Waals surface area (Å²) in [5.74, 6) is 0.00513. The highest BCUT2D eigenvalue weighted by molar-refractivity contribution is 5.85. The van der Waals surface area contributed by atoms with Crippen LogP contribution in [0.5, 0.6) is 0 Å². The average Bonchev–Trinajstić information content (AvgIpc) is 3.27. The molecule has 2 heterocycles. The molecule has 0 saturated carbocycles. The van der Waals surface area contributed by atoms with Gasteiger partial charge in [0.2, 0.25) is 5.91 Å². The van der Waals surface area contributed by atoms with Crippen LogP contribution in [0.25, 0.3) is 0 Å². The van der Waals surface area contributed by atoms with Crippen LogP contribution in [0.2, 0.25) is 0 Å². The van der Waals surface area contributed by atoms with E-state index in [1.807, 2.05) is 17.0 Å². The summed E-state index contributed by atoms with van der Waals surface area (Å²) in [4.78, 5) is 22.1. The highest BCUT2D eigenvalue weighted by Crippen LogP contribution is 2.40. The number of aromatic nitrogens is 2. The number of carbonyl (C=O) groups excluding carboxylic acids is 1. The fourth-order valence-electron chi connectivity index (χ4n) is 4.35. The van der Waals surface area contributed by atoms with Gasteiger partial charge in [0.1, 0.15) is 0 Å². The fraction of sp³-hybridized carbons (Fsp3) is 0.304. The number of benzene rings is 2. The predicted octanol–water partition coefficient (Wildman–Crippen LogP) is 3.73. The van der Waals surface area contributed by atoms with Crippen LogP contribution in [-0.2, 0) is 16.6 Å². The molecule has 1 aliphatic heterocycles. The molecule has 0 bridgehead atoms. The number of nitrogens with two attached hydrogens (primary N) is 1. The molecule has 0 spiro atoms. The zero-order valence-electron chi connectivity index (χ0n) is 16.7. The van der Waals surface area contributed by atoms with Crippen molar-refractivity contribution in [2.24, 2.45) is 5.73 Å². The van der Waals surface area contributed by atoms with E-state index in [1.54, 1.807) is 12.5 Å². The van der Waals surface area contributed by atoms with Crippen LogP contribution in [0.1, 0.15) is 29.7 Å².